The van der Waals surface area contributed by atoms with Crippen molar-refractivity contribution in [3.05, 3.63) is 29.0 Å². The van der Waals surface area contributed by atoms with Gasteiger partial charge in [0.2, 0.25) is 0 Å². The molecular weight excluding hydrogens is 283 g/mol. The molecule has 1 saturated carbocycles. The average molecular weight is 301 g/mol. The number of hydrogen-bond acceptors (Lipinski definition) is 2. The van der Waals surface area contributed by atoms with Crippen LogP contribution in [-0.2, 0) is 0 Å². The van der Waals surface area contributed by atoms with E-state index in [1.165, 1.54) is 18.2 Å². The predicted octanol–water partition coefficient (Wildman–Crippen LogP) is 3.15. The Balaban J connectivity index is 1.78. The molecule has 6 heteroatoms. The molecule has 20 heavy (non-hydrogen) atoms. The lowest BCUT2D eigenvalue weighted by molar-refractivity contribution is 0.101. The number of rotatable bonds is 3. The molecule has 110 valence electrons. The number of benzene rings is 1. The van der Waals surface area contributed by atoms with Crippen molar-refractivity contribution in [3.63, 3.8) is 0 Å². The molecule has 4 nitrogen and oxygen atoms in total. The van der Waals surface area contributed by atoms with Gasteiger partial charge >= 0.3 is 6.03 Å². The van der Waals surface area contributed by atoms with E-state index in [-0.39, 0.29) is 17.2 Å². The Morgan fingerprint density at radius 3 is 2.95 bits per heavy atom. The van der Waals surface area contributed by atoms with Crippen molar-refractivity contribution in [1.82, 2.24) is 5.32 Å². The molecule has 0 saturated heterocycles. The van der Waals surface area contributed by atoms with Gasteiger partial charge in [0.15, 0.2) is 0 Å². The summed E-state index contributed by atoms with van der Waals surface area (Å²) in [4.78, 5) is 11.7. The Bertz CT molecular complexity index is 484. The Labute approximate surface area is 122 Å². The Hall–Kier alpha value is -1.33. The summed E-state index contributed by atoms with van der Waals surface area (Å²) in [6, 6.07) is 3.66. The van der Waals surface area contributed by atoms with Gasteiger partial charge in [0, 0.05) is 12.2 Å². The molecular formula is C14H18ClFN2O2. The topological polar surface area (TPSA) is 61.4 Å². The van der Waals surface area contributed by atoms with Crippen molar-refractivity contribution in [2.24, 2.45) is 5.92 Å². The zero-order valence-electron chi connectivity index (χ0n) is 11.0. The van der Waals surface area contributed by atoms with Gasteiger partial charge < -0.3 is 15.7 Å². The fraction of sp³-hybridized carbons (Fsp3) is 0.500. The van der Waals surface area contributed by atoms with Crippen LogP contribution in [0.3, 0.4) is 0 Å². The highest BCUT2D eigenvalue weighted by Crippen LogP contribution is 2.23. The molecule has 2 atom stereocenters. The maximum Gasteiger partial charge on any atom is 0.319 e. The Morgan fingerprint density at radius 2 is 2.25 bits per heavy atom. The number of aliphatic hydroxyl groups is 1. The molecule has 3 N–H and O–H groups in total. The molecule has 1 aliphatic carbocycles. The fourth-order valence-corrected chi connectivity index (χ4v) is 2.61. The maximum absolute atomic E-state index is 13.0. The van der Waals surface area contributed by atoms with E-state index in [0.717, 1.165) is 25.7 Å². The molecule has 2 amide bonds. The second-order valence-corrected chi connectivity index (χ2v) is 5.56. The molecule has 1 aromatic carbocycles. The third-order valence-corrected chi connectivity index (χ3v) is 3.77. The zero-order chi connectivity index (χ0) is 14.5. The molecule has 1 fully saturated rings. The van der Waals surface area contributed by atoms with Crippen LogP contribution in [0.15, 0.2) is 18.2 Å². The molecule has 0 bridgehead atoms. The van der Waals surface area contributed by atoms with Gasteiger partial charge in [-0.3, -0.25) is 0 Å². The summed E-state index contributed by atoms with van der Waals surface area (Å²) in [5.41, 5.74) is 0.442. The fourth-order valence-electron chi connectivity index (χ4n) is 2.43. The number of nitrogens with one attached hydrogen (secondary N) is 2. The number of aliphatic hydroxyl groups excluding tert-OH is 1. The second kappa shape index (κ2) is 6.90. The van der Waals surface area contributed by atoms with Gasteiger partial charge in [-0.1, -0.05) is 18.0 Å². The molecule has 0 heterocycles. The SMILES string of the molecule is O=C(NCC1CCCC(O)C1)Nc1ccc(F)c(Cl)c1. The summed E-state index contributed by atoms with van der Waals surface area (Å²) in [5.74, 6) is -0.213. The van der Waals surface area contributed by atoms with E-state index in [2.05, 4.69) is 10.6 Å². The van der Waals surface area contributed by atoms with Gasteiger partial charge in [0.1, 0.15) is 5.82 Å². The molecule has 0 aromatic heterocycles. The summed E-state index contributed by atoms with van der Waals surface area (Å²) in [6.45, 7) is 0.526. The first-order chi connectivity index (χ1) is 9.54. The van der Waals surface area contributed by atoms with Crippen LogP contribution in [0.4, 0.5) is 14.9 Å². The van der Waals surface area contributed by atoms with Crippen LogP contribution >= 0.6 is 11.6 Å². The highest BCUT2D eigenvalue weighted by atomic mass is 35.5. The highest BCUT2D eigenvalue weighted by Gasteiger charge is 2.20. The Morgan fingerprint density at radius 1 is 1.45 bits per heavy atom. The van der Waals surface area contributed by atoms with Crippen LogP contribution in [0, 0.1) is 11.7 Å². The van der Waals surface area contributed by atoms with E-state index in [1.54, 1.807) is 0 Å². The van der Waals surface area contributed by atoms with Crippen LogP contribution in [0.2, 0.25) is 5.02 Å². The summed E-state index contributed by atoms with van der Waals surface area (Å²) in [7, 11) is 0. The predicted molar refractivity (Wildman–Crippen MR) is 76.4 cm³/mol. The summed E-state index contributed by atoms with van der Waals surface area (Å²) in [5, 5.41) is 14.9. The van der Waals surface area contributed by atoms with Gasteiger partial charge in [-0.2, -0.15) is 0 Å². The smallest absolute Gasteiger partial charge is 0.319 e. The molecule has 1 aliphatic rings. The normalized spacial score (nSPS) is 22.4. The highest BCUT2D eigenvalue weighted by molar-refractivity contribution is 6.31. The summed E-state index contributed by atoms with van der Waals surface area (Å²) >= 11 is 5.64. The molecule has 1 aromatic rings. The van der Waals surface area contributed by atoms with E-state index >= 15 is 0 Å². The van der Waals surface area contributed by atoms with E-state index < -0.39 is 5.82 Å². The van der Waals surface area contributed by atoms with Crippen molar-refractivity contribution in [2.75, 3.05) is 11.9 Å². The third kappa shape index (κ3) is 4.35. The van der Waals surface area contributed by atoms with Crippen LogP contribution in [0.1, 0.15) is 25.7 Å². The first kappa shape index (κ1) is 15.1. The van der Waals surface area contributed by atoms with Crippen LogP contribution in [0.25, 0.3) is 0 Å². The van der Waals surface area contributed by atoms with Crippen molar-refractivity contribution in [3.8, 4) is 0 Å². The monoisotopic (exact) mass is 300 g/mol. The van der Waals surface area contributed by atoms with Gasteiger partial charge in [-0.15, -0.1) is 0 Å². The molecule has 0 radical (unpaired) electrons. The average Bonchev–Trinajstić information content (AvgIpc) is 2.41. The first-order valence-corrected chi connectivity index (χ1v) is 7.10. The molecule has 2 rings (SSSR count). The number of carbonyl (C=O) groups excluding carboxylic acids is 1. The number of halogens is 2. The maximum atomic E-state index is 13.0. The quantitative estimate of drug-likeness (QED) is 0.803. The van der Waals surface area contributed by atoms with Gasteiger partial charge in [-0.25, -0.2) is 9.18 Å². The van der Waals surface area contributed by atoms with Gasteiger partial charge in [0.05, 0.1) is 11.1 Å². The van der Waals surface area contributed by atoms with Gasteiger partial charge in [-0.05, 0) is 43.4 Å². The molecule has 2 unspecified atom stereocenters. The van der Waals surface area contributed by atoms with Crippen LogP contribution in [0.5, 0.6) is 0 Å². The summed E-state index contributed by atoms with van der Waals surface area (Å²) < 4.78 is 13.0. The molecule has 0 aliphatic heterocycles. The third-order valence-electron chi connectivity index (χ3n) is 3.48. The first-order valence-electron chi connectivity index (χ1n) is 6.72. The Kier molecular flexibility index (Phi) is 5.20. The largest absolute Gasteiger partial charge is 0.393 e. The minimum atomic E-state index is -0.520. The van der Waals surface area contributed by atoms with E-state index in [4.69, 9.17) is 11.6 Å². The minimum absolute atomic E-state index is 0.0294. The number of anilines is 1. The lowest BCUT2D eigenvalue weighted by Gasteiger charge is -2.25. The van der Waals surface area contributed by atoms with Crippen molar-refractivity contribution in [1.29, 1.82) is 0 Å². The lowest BCUT2D eigenvalue weighted by atomic mass is 9.87. The number of amides is 2. The minimum Gasteiger partial charge on any atom is -0.393 e. The number of carbonyl (C=O) groups is 1. The number of hydrogen-bond donors (Lipinski definition) is 3. The van der Waals surface area contributed by atoms with E-state index in [9.17, 15) is 14.3 Å². The van der Waals surface area contributed by atoms with Gasteiger partial charge in [0.25, 0.3) is 0 Å². The van der Waals surface area contributed by atoms with Crippen LogP contribution < -0.4 is 10.6 Å². The summed E-state index contributed by atoms with van der Waals surface area (Å²) in [6.07, 6.45) is 3.32. The zero-order valence-corrected chi connectivity index (χ0v) is 11.8. The lowest BCUT2D eigenvalue weighted by Crippen LogP contribution is -2.35. The standard InChI is InChI=1S/C14H18ClFN2O2/c15-12-7-10(4-5-13(12)16)18-14(20)17-8-9-2-1-3-11(19)6-9/h4-5,7,9,11,19H,1-3,6,8H2,(H2,17,18,20). The van der Waals surface area contributed by atoms with Crippen LogP contribution in [-0.4, -0.2) is 23.8 Å². The van der Waals surface area contributed by atoms with Crippen molar-refractivity contribution >= 4 is 23.3 Å². The second-order valence-electron chi connectivity index (χ2n) is 5.15. The number of urea groups is 1. The van der Waals surface area contributed by atoms with Crippen molar-refractivity contribution < 1.29 is 14.3 Å². The van der Waals surface area contributed by atoms with Crippen molar-refractivity contribution in [2.45, 2.75) is 31.8 Å². The van der Waals surface area contributed by atoms with E-state index in [1.807, 2.05) is 0 Å². The van der Waals surface area contributed by atoms with E-state index in [0.29, 0.717) is 18.2 Å². The molecule has 0 spiro atoms.